The number of halogens is 3. The fraction of sp³-hybridized carbons (Fsp3) is 0.0435. The second kappa shape index (κ2) is 10.2. The molecule has 0 atom stereocenters. The van der Waals surface area contributed by atoms with Gasteiger partial charge in [0.2, 0.25) is 0 Å². The lowest BCUT2D eigenvalue weighted by Gasteiger charge is -2.09. The van der Waals surface area contributed by atoms with Crippen molar-refractivity contribution >= 4 is 49.5 Å². The fourth-order valence-electron chi connectivity index (χ4n) is 2.56. The van der Waals surface area contributed by atoms with E-state index in [0.29, 0.717) is 26.9 Å². The number of nitriles is 1. The summed E-state index contributed by atoms with van der Waals surface area (Å²) in [5.41, 5.74) is 1.51. The van der Waals surface area contributed by atoms with E-state index < -0.39 is 11.7 Å². The smallest absolute Gasteiger partial charge is 0.266 e. The summed E-state index contributed by atoms with van der Waals surface area (Å²) in [4.78, 5) is 12.4. The minimum absolute atomic E-state index is 0.00445. The van der Waals surface area contributed by atoms with Crippen molar-refractivity contribution in [2.45, 2.75) is 6.61 Å². The first-order chi connectivity index (χ1) is 14.5. The van der Waals surface area contributed by atoms with Gasteiger partial charge in [0.05, 0.1) is 10.2 Å². The lowest BCUT2D eigenvalue weighted by Crippen LogP contribution is -2.14. The highest BCUT2D eigenvalue weighted by molar-refractivity contribution is 9.10. The zero-order valence-electron chi connectivity index (χ0n) is 15.5. The standard InChI is InChI=1S/C23H15Br2FN2O2/c24-18-7-8-21(20(26)12-18)28-23(29)17(13-27)10-16-6-9-22(19(25)11-16)30-14-15-4-2-1-3-5-15/h1-12H,14H2,(H,28,29)/b17-10+. The van der Waals surface area contributed by atoms with Gasteiger partial charge in [-0.2, -0.15) is 5.26 Å². The summed E-state index contributed by atoms with van der Waals surface area (Å²) in [6.45, 7) is 0.416. The van der Waals surface area contributed by atoms with E-state index in [1.165, 1.54) is 18.2 Å². The lowest BCUT2D eigenvalue weighted by molar-refractivity contribution is -0.112. The Balaban J connectivity index is 1.72. The predicted molar refractivity (Wildman–Crippen MR) is 121 cm³/mol. The van der Waals surface area contributed by atoms with Crippen molar-refractivity contribution in [2.24, 2.45) is 0 Å². The van der Waals surface area contributed by atoms with E-state index in [1.54, 1.807) is 24.3 Å². The van der Waals surface area contributed by atoms with Gasteiger partial charge in [0.25, 0.3) is 5.91 Å². The zero-order valence-corrected chi connectivity index (χ0v) is 18.7. The summed E-state index contributed by atoms with van der Waals surface area (Å²) in [7, 11) is 0. The summed E-state index contributed by atoms with van der Waals surface area (Å²) in [5.74, 6) is -0.659. The Bertz CT molecular complexity index is 1140. The van der Waals surface area contributed by atoms with Crippen molar-refractivity contribution in [3.05, 3.63) is 98.2 Å². The molecule has 0 bridgehead atoms. The number of hydrogen-bond donors (Lipinski definition) is 1. The molecule has 150 valence electrons. The maximum atomic E-state index is 13.9. The van der Waals surface area contributed by atoms with Gasteiger partial charge in [0.1, 0.15) is 29.8 Å². The van der Waals surface area contributed by atoms with Crippen LogP contribution in [-0.2, 0) is 11.4 Å². The molecule has 30 heavy (non-hydrogen) atoms. The molecule has 1 N–H and O–H groups in total. The van der Waals surface area contributed by atoms with Crippen molar-refractivity contribution in [2.75, 3.05) is 5.32 Å². The van der Waals surface area contributed by atoms with Gasteiger partial charge in [-0.05, 0) is 63.5 Å². The van der Waals surface area contributed by atoms with E-state index in [0.717, 1.165) is 5.56 Å². The molecule has 0 saturated carbocycles. The first-order valence-electron chi connectivity index (χ1n) is 8.81. The number of carbonyl (C=O) groups is 1. The summed E-state index contributed by atoms with van der Waals surface area (Å²) in [6.07, 6.45) is 1.43. The summed E-state index contributed by atoms with van der Waals surface area (Å²) >= 11 is 6.60. The van der Waals surface area contributed by atoms with Crippen molar-refractivity contribution in [1.82, 2.24) is 0 Å². The average molecular weight is 530 g/mol. The Kier molecular flexibility index (Phi) is 7.39. The minimum atomic E-state index is -0.695. The molecule has 0 heterocycles. The Morgan fingerprint density at radius 2 is 1.87 bits per heavy atom. The van der Waals surface area contributed by atoms with E-state index in [9.17, 15) is 14.4 Å². The first-order valence-corrected chi connectivity index (χ1v) is 10.4. The zero-order chi connectivity index (χ0) is 21.5. The van der Waals surface area contributed by atoms with Crippen LogP contribution in [0, 0.1) is 17.1 Å². The number of rotatable bonds is 6. The second-order valence-corrected chi connectivity index (χ2v) is 7.98. The molecule has 1 amide bonds. The van der Waals surface area contributed by atoms with Gasteiger partial charge in [-0.15, -0.1) is 0 Å². The quantitative estimate of drug-likeness (QED) is 0.294. The molecule has 0 saturated heterocycles. The van der Waals surface area contributed by atoms with Gasteiger partial charge in [-0.25, -0.2) is 4.39 Å². The van der Waals surface area contributed by atoms with Crippen molar-refractivity contribution in [3.63, 3.8) is 0 Å². The van der Waals surface area contributed by atoms with Crippen LogP contribution in [0.1, 0.15) is 11.1 Å². The Hall–Kier alpha value is -2.95. The predicted octanol–water partition coefficient (Wildman–Crippen LogP) is 6.48. The third kappa shape index (κ3) is 5.78. The number of anilines is 1. The van der Waals surface area contributed by atoms with Crippen LogP contribution in [0.5, 0.6) is 5.75 Å². The van der Waals surface area contributed by atoms with Gasteiger partial charge >= 0.3 is 0 Å². The van der Waals surface area contributed by atoms with Crippen LogP contribution in [0.15, 0.2) is 81.2 Å². The van der Waals surface area contributed by atoms with Crippen LogP contribution < -0.4 is 10.1 Å². The van der Waals surface area contributed by atoms with Gasteiger partial charge < -0.3 is 10.1 Å². The van der Waals surface area contributed by atoms with Crippen LogP contribution in [0.25, 0.3) is 6.08 Å². The number of hydrogen-bond acceptors (Lipinski definition) is 3. The van der Waals surface area contributed by atoms with E-state index in [2.05, 4.69) is 37.2 Å². The normalized spacial score (nSPS) is 10.9. The molecule has 7 heteroatoms. The summed E-state index contributed by atoms with van der Waals surface area (Å²) < 4.78 is 21.0. The maximum absolute atomic E-state index is 13.9. The Morgan fingerprint density at radius 1 is 1.10 bits per heavy atom. The molecule has 0 fully saturated rings. The van der Waals surface area contributed by atoms with Crippen LogP contribution in [0.2, 0.25) is 0 Å². The molecular formula is C23H15Br2FN2O2. The highest BCUT2D eigenvalue weighted by Crippen LogP contribution is 2.28. The van der Waals surface area contributed by atoms with E-state index in [-0.39, 0.29) is 11.3 Å². The lowest BCUT2D eigenvalue weighted by atomic mass is 10.1. The third-order valence-electron chi connectivity index (χ3n) is 4.05. The topological polar surface area (TPSA) is 62.1 Å². The molecule has 4 nitrogen and oxygen atoms in total. The molecule has 0 aliphatic carbocycles. The van der Waals surface area contributed by atoms with Crippen molar-refractivity contribution < 1.29 is 13.9 Å². The maximum Gasteiger partial charge on any atom is 0.266 e. The van der Waals surface area contributed by atoms with Crippen LogP contribution >= 0.6 is 31.9 Å². The molecule has 0 radical (unpaired) electrons. The molecule has 3 aromatic rings. The molecule has 0 aliphatic heterocycles. The second-order valence-electron chi connectivity index (χ2n) is 6.21. The van der Waals surface area contributed by atoms with Crippen LogP contribution in [-0.4, -0.2) is 5.91 Å². The monoisotopic (exact) mass is 528 g/mol. The molecule has 0 aliphatic rings. The minimum Gasteiger partial charge on any atom is -0.488 e. The fourth-order valence-corrected chi connectivity index (χ4v) is 3.40. The highest BCUT2D eigenvalue weighted by Gasteiger charge is 2.13. The van der Waals surface area contributed by atoms with E-state index in [1.807, 2.05) is 36.4 Å². The van der Waals surface area contributed by atoms with Gasteiger partial charge in [0, 0.05) is 4.47 Å². The number of ether oxygens (including phenoxy) is 1. The number of benzene rings is 3. The molecular weight excluding hydrogens is 515 g/mol. The number of amides is 1. The average Bonchev–Trinajstić information content (AvgIpc) is 2.74. The Labute approximate surface area is 190 Å². The van der Waals surface area contributed by atoms with E-state index in [4.69, 9.17) is 4.74 Å². The molecule has 3 rings (SSSR count). The van der Waals surface area contributed by atoms with Gasteiger partial charge in [-0.1, -0.05) is 52.3 Å². The van der Waals surface area contributed by atoms with Crippen LogP contribution in [0.4, 0.5) is 10.1 Å². The van der Waals surface area contributed by atoms with Crippen molar-refractivity contribution in [3.8, 4) is 11.8 Å². The molecule has 0 unspecified atom stereocenters. The van der Waals surface area contributed by atoms with E-state index >= 15 is 0 Å². The van der Waals surface area contributed by atoms with Crippen LogP contribution in [0.3, 0.4) is 0 Å². The highest BCUT2D eigenvalue weighted by atomic mass is 79.9. The first kappa shape index (κ1) is 21.8. The number of nitrogens with one attached hydrogen (secondary N) is 1. The molecule has 3 aromatic carbocycles. The van der Waals surface area contributed by atoms with Crippen molar-refractivity contribution in [1.29, 1.82) is 5.26 Å². The SMILES string of the molecule is N#C/C(=C\c1ccc(OCc2ccccc2)c(Br)c1)C(=O)Nc1ccc(Br)cc1F. The Morgan fingerprint density at radius 3 is 2.53 bits per heavy atom. The molecule has 0 spiro atoms. The number of carbonyl (C=O) groups excluding carboxylic acids is 1. The summed E-state index contributed by atoms with van der Waals surface area (Å²) in [5, 5.41) is 11.8. The number of nitrogens with zero attached hydrogens (tertiary/aromatic N) is 1. The van der Waals surface area contributed by atoms with Gasteiger partial charge in [-0.3, -0.25) is 4.79 Å². The largest absolute Gasteiger partial charge is 0.488 e. The third-order valence-corrected chi connectivity index (χ3v) is 5.16. The molecule has 0 aromatic heterocycles. The summed E-state index contributed by atoms with van der Waals surface area (Å²) in [6, 6.07) is 21.1. The van der Waals surface area contributed by atoms with Gasteiger partial charge in [0.15, 0.2) is 0 Å².